The van der Waals surface area contributed by atoms with Gasteiger partial charge >= 0.3 is 0 Å². The van der Waals surface area contributed by atoms with Crippen molar-refractivity contribution in [3.63, 3.8) is 0 Å². The van der Waals surface area contributed by atoms with Gasteiger partial charge in [0.05, 0.1) is 30.0 Å². The second-order valence-electron chi connectivity index (χ2n) is 4.33. The lowest BCUT2D eigenvalue weighted by Gasteiger charge is -2.14. The lowest BCUT2D eigenvalue weighted by molar-refractivity contribution is 0.267. The minimum atomic E-state index is -2.98. The van der Waals surface area contributed by atoms with Crippen LogP contribution in [0.4, 0.5) is 0 Å². The second-order valence-corrected chi connectivity index (χ2v) is 7.44. The normalized spacial score (nSPS) is 11.4. The van der Waals surface area contributed by atoms with Crippen LogP contribution in [0.2, 0.25) is 0 Å². The quantitative estimate of drug-likeness (QED) is 0.713. The van der Waals surface area contributed by atoms with Gasteiger partial charge in [0, 0.05) is 6.26 Å². The fourth-order valence-corrected chi connectivity index (χ4v) is 2.86. The molecule has 0 aliphatic carbocycles. The zero-order chi connectivity index (χ0) is 15.2. The van der Waals surface area contributed by atoms with Gasteiger partial charge in [-0.2, -0.15) is 0 Å². The van der Waals surface area contributed by atoms with Crippen molar-refractivity contribution >= 4 is 25.8 Å². The molecule has 0 saturated carbocycles. The number of rotatable bonds is 8. The van der Waals surface area contributed by atoms with E-state index in [0.29, 0.717) is 34.6 Å². The Morgan fingerprint density at radius 3 is 2.55 bits per heavy atom. The Bertz CT molecular complexity index is 542. The molecular weight excluding hydrogens is 348 g/mol. The van der Waals surface area contributed by atoms with Crippen LogP contribution in [0.5, 0.6) is 11.5 Å². The third-order valence-electron chi connectivity index (χ3n) is 2.46. The van der Waals surface area contributed by atoms with Crippen molar-refractivity contribution in [3.8, 4) is 11.5 Å². The van der Waals surface area contributed by atoms with E-state index in [1.54, 1.807) is 12.1 Å². The van der Waals surface area contributed by atoms with Crippen molar-refractivity contribution in [3.05, 3.63) is 22.2 Å². The zero-order valence-electron chi connectivity index (χ0n) is 11.6. The standard InChI is InChI=1S/C13H19BrO5S/c1-3-18-12-8-10(9-15)7-11(14)13(12)19-5-4-6-20(2,16)17/h7-8,15H,3-6,9H2,1-2H3. The van der Waals surface area contributed by atoms with Crippen molar-refractivity contribution in [1.29, 1.82) is 0 Å². The van der Waals surface area contributed by atoms with Gasteiger partial charge < -0.3 is 14.6 Å². The van der Waals surface area contributed by atoms with Crippen LogP contribution in [0.25, 0.3) is 0 Å². The summed E-state index contributed by atoms with van der Waals surface area (Å²) in [5, 5.41) is 9.17. The molecule has 0 saturated heterocycles. The average Bonchev–Trinajstić information content (AvgIpc) is 2.35. The molecule has 7 heteroatoms. The molecule has 0 unspecified atom stereocenters. The van der Waals surface area contributed by atoms with Gasteiger partial charge in [-0.1, -0.05) is 0 Å². The second kappa shape index (κ2) is 7.85. The summed E-state index contributed by atoms with van der Waals surface area (Å²) in [6.07, 6.45) is 1.61. The highest BCUT2D eigenvalue weighted by Gasteiger charge is 2.12. The third kappa shape index (κ3) is 5.68. The van der Waals surface area contributed by atoms with Gasteiger partial charge in [-0.05, 0) is 47.0 Å². The van der Waals surface area contributed by atoms with E-state index >= 15 is 0 Å². The summed E-state index contributed by atoms with van der Waals surface area (Å²) >= 11 is 3.37. The van der Waals surface area contributed by atoms with Crippen molar-refractivity contribution < 1.29 is 23.0 Å². The van der Waals surface area contributed by atoms with E-state index in [1.165, 1.54) is 6.26 Å². The molecule has 0 heterocycles. The lowest BCUT2D eigenvalue weighted by atomic mass is 10.2. The minimum Gasteiger partial charge on any atom is -0.490 e. The molecule has 0 aliphatic rings. The first-order valence-corrected chi connectivity index (χ1v) is 9.09. The van der Waals surface area contributed by atoms with E-state index in [-0.39, 0.29) is 19.0 Å². The number of ether oxygens (including phenoxy) is 2. The Hall–Kier alpha value is -0.790. The maximum atomic E-state index is 11.0. The fourth-order valence-electron chi connectivity index (χ4n) is 1.61. The largest absolute Gasteiger partial charge is 0.490 e. The van der Waals surface area contributed by atoms with E-state index in [9.17, 15) is 8.42 Å². The molecule has 1 rings (SSSR count). The molecule has 0 radical (unpaired) electrons. The summed E-state index contributed by atoms with van der Waals surface area (Å²) in [5.41, 5.74) is 0.712. The maximum absolute atomic E-state index is 11.0. The molecule has 0 bridgehead atoms. The zero-order valence-corrected chi connectivity index (χ0v) is 14.0. The fraction of sp³-hybridized carbons (Fsp3) is 0.538. The molecule has 0 fully saturated rings. The van der Waals surface area contributed by atoms with Crippen molar-refractivity contribution in [1.82, 2.24) is 0 Å². The lowest BCUT2D eigenvalue weighted by Crippen LogP contribution is -2.09. The van der Waals surface area contributed by atoms with Gasteiger partial charge in [0.15, 0.2) is 11.5 Å². The molecule has 20 heavy (non-hydrogen) atoms. The highest BCUT2D eigenvalue weighted by molar-refractivity contribution is 9.10. The van der Waals surface area contributed by atoms with E-state index < -0.39 is 9.84 Å². The first-order valence-electron chi connectivity index (χ1n) is 6.24. The number of aliphatic hydroxyl groups excluding tert-OH is 1. The van der Waals surface area contributed by atoms with Crippen LogP contribution in [0.15, 0.2) is 16.6 Å². The van der Waals surface area contributed by atoms with Crippen LogP contribution in [-0.4, -0.2) is 38.7 Å². The van der Waals surface area contributed by atoms with E-state index in [1.807, 2.05) is 6.92 Å². The summed E-state index contributed by atoms with van der Waals surface area (Å²) in [6, 6.07) is 3.45. The first kappa shape index (κ1) is 17.3. The third-order valence-corrected chi connectivity index (χ3v) is 4.08. The van der Waals surface area contributed by atoms with E-state index in [0.717, 1.165) is 0 Å². The van der Waals surface area contributed by atoms with Crippen LogP contribution in [0.1, 0.15) is 18.9 Å². The topological polar surface area (TPSA) is 72.8 Å². The Labute approximate surface area is 128 Å². The van der Waals surface area contributed by atoms with Crippen molar-refractivity contribution in [2.45, 2.75) is 20.0 Å². The molecule has 1 aromatic rings. The number of halogens is 1. The molecule has 0 amide bonds. The SMILES string of the molecule is CCOc1cc(CO)cc(Br)c1OCCCS(C)(=O)=O. The number of sulfone groups is 1. The molecule has 114 valence electrons. The first-order chi connectivity index (χ1) is 9.37. The van der Waals surface area contributed by atoms with Crippen LogP contribution in [-0.2, 0) is 16.4 Å². The Morgan fingerprint density at radius 1 is 1.30 bits per heavy atom. The highest BCUT2D eigenvalue weighted by Crippen LogP contribution is 2.37. The summed E-state index contributed by atoms with van der Waals surface area (Å²) in [4.78, 5) is 0. The van der Waals surface area contributed by atoms with Crippen molar-refractivity contribution in [2.75, 3.05) is 25.2 Å². The number of hydrogen-bond acceptors (Lipinski definition) is 5. The van der Waals surface area contributed by atoms with E-state index in [4.69, 9.17) is 14.6 Å². The number of aliphatic hydroxyl groups is 1. The number of benzene rings is 1. The van der Waals surface area contributed by atoms with Gasteiger partial charge in [-0.25, -0.2) is 8.42 Å². The van der Waals surface area contributed by atoms with Gasteiger partial charge in [0.1, 0.15) is 9.84 Å². The Balaban J connectivity index is 2.77. The van der Waals surface area contributed by atoms with Crippen molar-refractivity contribution in [2.24, 2.45) is 0 Å². The van der Waals surface area contributed by atoms with Crippen LogP contribution < -0.4 is 9.47 Å². The van der Waals surface area contributed by atoms with Gasteiger partial charge in [0.2, 0.25) is 0 Å². The number of hydrogen-bond donors (Lipinski definition) is 1. The molecule has 1 N–H and O–H groups in total. The summed E-state index contributed by atoms with van der Waals surface area (Å²) < 4.78 is 33.8. The van der Waals surface area contributed by atoms with Crippen LogP contribution in [0.3, 0.4) is 0 Å². The minimum absolute atomic E-state index is 0.0866. The molecule has 0 aromatic heterocycles. The average molecular weight is 367 g/mol. The molecule has 0 atom stereocenters. The van der Waals surface area contributed by atoms with Gasteiger partial charge in [-0.3, -0.25) is 0 Å². The molecular formula is C13H19BrO5S. The smallest absolute Gasteiger partial charge is 0.175 e. The van der Waals surface area contributed by atoms with Crippen LogP contribution >= 0.6 is 15.9 Å². The molecule has 1 aromatic carbocycles. The van der Waals surface area contributed by atoms with Gasteiger partial charge in [-0.15, -0.1) is 0 Å². The highest BCUT2D eigenvalue weighted by atomic mass is 79.9. The molecule has 5 nitrogen and oxygen atoms in total. The summed E-state index contributed by atoms with van der Waals surface area (Å²) in [6.45, 7) is 2.52. The predicted molar refractivity (Wildman–Crippen MR) is 81.1 cm³/mol. The Kier molecular flexibility index (Phi) is 6.78. The van der Waals surface area contributed by atoms with E-state index in [2.05, 4.69) is 15.9 Å². The summed E-state index contributed by atoms with van der Waals surface area (Å²) in [7, 11) is -2.98. The predicted octanol–water partition coefficient (Wildman–Crippen LogP) is 2.15. The molecule has 0 spiro atoms. The monoisotopic (exact) mass is 366 g/mol. The van der Waals surface area contributed by atoms with Gasteiger partial charge in [0.25, 0.3) is 0 Å². The van der Waals surface area contributed by atoms with Crippen LogP contribution in [0, 0.1) is 0 Å². The Morgan fingerprint density at radius 2 is 2.00 bits per heavy atom. The maximum Gasteiger partial charge on any atom is 0.175 e. The summed E-state index contributed by atoms with van der Waals surface area (Å²) in [5.74, 6) is 1.14. The molecule has 0 aliphatic heterocycles.